The Morgan fingerprint density at radius 2 is 1.71 bits per heavy atom. The van der Waals surface area contributed by atoms with Gasteiger partial charge in [-0.2, -0.15) is 0 Å². The number of esters is 1. The zero-order chi connectivity index (χ0) is 24.0. The Kier molecular flexibility index (Phi) is 7.19. The normalized spacial score (nSPS) is 17.9. The summed E-state index contributed by atoms with van der Waals surface area (Å²) in [5.41, 5.74) is 9.96. The third-order valence-electron chi connectivity index (χ3n) is 6.66. The van der Waals surface area contributed by atoms with E-state index in [4.69, 9.17) is 15.2 Å². The molecule has 1 aliphatic heterocycles. The van der Waals surface area contributed by atoms with Crippen LogP contribution in [-0.4, -0.2) is 25.2 Å². The quantitative estimate of drug-likeness (QED) is 0.290. The van der Waals surface area contributed by atoms with E-state index >= 15 is 0 Å². The van der Waals surface area contributed by atoms with Crippen LogP contribution < -0.4 is 15.8 Å². The molecule has 1 saturated heterocycles. The van der Waals surface area contributed by atoms with Gasteiger partial charge in [0, 0.05) is 19.0 Å². The number of hydrogen-bond acceptors (Lipinski definition) is 5. The number of benzene rings is 4. The van der Waals surface area contributed by atoms with Gasteiger partial charge in [-0.25, -0.2) is 4.79 Å². The monoisotopic (exact) mass is 466 g/mol. The zero-order valence-electron chi connectivity index (χ0n) is 19.7. The lowest BCUT2D eigenvalue weighted by Crippen LogP contribution is -2.41. The van der Waals surface area contributed by atoms with E-state index in [1.165, 1.54) is 10.8 Å². The summed E-state index contributed by atoms with van der Waals surface area (Å²) in [6.45, 7) is 2.63. The highest BCUT2D eigenvalue weighted by Gasteiger charge is 2.29. The Balaban J connectivity index is 1.31. The lowest BCUT2D eigenvalue weighted by Gasteiger charge is -2.33. The number of piperidine rings is 1. The third-order valence-corrected chi connectivity index (χ3v) is 6.66. The van der Waals surface area contributed by atoms with Crippen molar-refractivity contribution in [3.8, 4) is 5.75 Å². The van der Waals surface area contributed by atoms with E-state index in [0.717, 1.165) is 36.2 Å². The standard InChI is InChI=1S/C30H30N2O3/c31-18-25-17-26(35-30(33)23-7-2-1-3-8-23)12-13-27(25)28-14-15-32-19-29(28)34-20-21-10-11-22-6-4-5-9-24(22)16-21/h1-13,16-17,28-29,32H,14-15,18-20,31H2. The smallest absolute Gasteiger partial charge is 0.343 e. The molecule has 0 aliphatic carbocycles. The fraction of sp³-hybridized carbons (Fsp3) is 0.233. The summed E-state index contributed by atoms with van der Waals surface area (Å²) in [4.78, 5) is 12.5. The van der Waals surface area contributed by atoms with Gasteiger partial charge in [-0.05, 0) is 70.8 Å². The minimum Gasteiger partial charge on any atom is -0.423 e. The van der Waals surface area contributed by atoms with Gasteiger partial charge >= 0.3 is 5.97 Å². The molecule has 5 rings (SSSR count). The van der Waals surface area contributed by atoms with Gasteiger partial charge in [0.15, 0.2) is 0 Å². The average molecular weight is 467 g/mol. The molecule has 4 aromatic rings. The van der Waals surface area contributed by atoms with Crippen LogP contribution in [0.1, 0.15) is 39.4 Å². The number of ether oxygens (including phenoxy) is 2. The van der Waals surface area contributed by atoms with Gasteiger partial charge in [-0.15, -0.1) is 0 Å². The molecule has 0 saturated carbocycles. The van der Waals surface area contributed by atoms with Crippen LogP contribution in [0.4, 0.5) is 0 Å². The highest BCUT2D eigenvalue weighted by atomic mass is 16.5. The molecule has 4 aromatic carbocycles. The number of carbonyl (C=O) groups excluding carboxylic acids is 1. The van der Waals surface area contributed by atoms with Crippen LogP contribution >= 0.6 is 0 Å². The summed E-state index contributed by atoms with van der Waals surface area (Å²) in [5, 5.41) is 5.92. The minimum absolute atomic E-state index is 0.0261. The molecule has 0 amide bonds. The summed E-state index contributed by atoms with van der Waals surface area (Å²) < 4.78 is 12.1. The van der Waals surface area contributed by atoms with Crippen molar-refractivity contribution in [3.05, 3.63) is 113 Å². The predicted octanol–water partition coefficient (Wildman–Crippen LogP) is 5.18. The molecule has 2 atom stereocenters. The van der Waals surface area contributed by atoms with Gasteiger partial charge in [-0.3, -0.25) is 0 Å². The molecule has 1 heterocycles. The molecule has 1 fully saturated rings. The lowest BCUT2D eigenvalue weighted by atomic mass is 9.84. The molecular weight excluding hydrogens is 436 g/mol. The zero-order valence-corrected chi connectivity index (χ0v) is 19.7. The van der Waals surface area contributed by atoms with Crippen LogP contribution in [0, 0.1) is 0 Å². The van der Waals surface area contributed by atoms with Crippen molar-refractivity contribution in [2.75, 3.05) is 13.1 Å². The number of nitrogens with one attached hydrogen (secondary N) is 1. The van der Waals surface area contributed by atoms with Gasteiger partial charge in [0.1, 0.15) is 5.75 Å². The molecule has 3 N–H and O–H groups in total. The number of fused-ring (bicyclic) bond motifs is 1. The van der Waals surface area contributed by atoms with Gasteiger partial charge in [0.25, 0.3) is 0 Å². The predicted molar refractivity (Wildman–Crippen MR) is 138 cm³/mol. The lowest BCUT2D eigenvalue weighted by molar-refractivity contribution is 0.0104. The fourth-order valence-electron chi connectivity index (χ4n) is 4.82. The molecule has 35 heavy (non-hydrogen) atoms. The summed E-state index contributed by atoms with van der Waals surface area (Å²) in [5.74, 6) is 0.347. The second kappa shape index (κ2) is 10.8. The first-order chi connectivity index (χ1) is 17.2. The fourth-order valence-corrected chi connectivity index (χ4v) is 4.82. The molecular formula is C30H30N2O3. The van der Waals surface area contributed by atoms with Crippen molar-refractivity contribution in [1.29, 1.82) is 0 Å². The largest absolute Gasteiger partial charge is 0.423 e. The van der Waals surface area contributed by atoms with Crippen LogP contribution in [0.3, 0.4) is 0 Å². The number of rotatable bonds is 7. The molecule has 5 nitrogen and oxygen atoms in total. The molecule has 0 spiro atoms. The number of carbonyl (C=O) groups is 1. The van der Waals surface area contributed by atoms with Crippen LogP contribution in [0.25, 0.3) is 10.8 Å². The van der Waals surface area contributed by atoms with E-state index in [1.54, 1.807) is 12.1 Å². The Hall–Kier alpha value is -3.51. The van der Waals surface area contributed by atoms with E-state index < -0.39 is 0 Å². The van der Waals surface area contributed by atoms with Gasteiger partial charge in [-0.1, -0.05) is 60.7 Å². The Bertz CT molecular complexity index is 1310. The van der Waals surface area contributed by atoms with Crippen molar-refractivity contribution in [3.63, 3.8) is 0 Å². The highest BCUT2D eigenvalue weighted by Crippen LogP contribution is 2.33. The summed E-state index contributed by atoms with van der Waals surface area (Å²) in [6, 6.07) is 29.6. The van der Waals surface area contributed by atoms with Crippen molar-refractivity contribution < 1.29 is 14.3 Å². The Morgan fingerprint density at radius 1 is 0.914 bits per heavy atom. The van der Waals surface area contributed by atoms with Gasteiger partial charge < -0.3 is 20.5 Å². The van der Waals surface area contributed by atoms with E-state index in [-0.39, 0.29) is 18.0 Å². The molecule has 178 valence electrons. The van der Waals surface area contributed by atoms with Crippen LogP contribution in [0.2, 0.25) is 0 Å². The molecule has 2 unspecified atom stereocenters. The maximum Gasteiger partial charge on any atom is 0.343 e. The average Bonchev–Trinajstić information content (AvgIpc) is 2.92. The first-order valence-electron chi connectivity index (χ1n) is 12.1. The van der Waals surface area contributed by atoms with Crippen LogP contribution in [0.5, 0.6) is 5.75 Å². The highest BCUT2D eigenvalue weighted by molar-refractivity contribution is 5.91. The first kappa shape index (κ1) is 23.2. The second-order valence-electron chi connectivity index (χ2n) is 8.95. The molecule has 0 bridgehead atoms. The number of nitrogens with two attached hydrogens (primary N) is 1. The summed E-state index contributed by atoms with van der Waals surface area (Å²) in [7, 11) is 0. The first-order valence-corrected chi connectivity index (χ1v) is 12.1. The minimum atomic E-state index is -0.375. The van der Waals surface area contributed by atoms with Crippen molar-refractivity contribution in [2.24, 2.45) is 5.73 Å². The Labute approximate surface area is 205 Å². The summed E-state index contributed by atoms with van der Waals surface area (Å²) >= 11 is 0. The van der Waals surface area contributed by atoms with Gasteiger partial charge in [0.05, 0.1) is 18.3 Å². The van der Waals surface area contributed by atoms with E-state index in [9.17, 15) is 4.79 Å². The van der Waals surface area contributed by atoms with Crippen LogP contribution in [0.15, 0.2) is 91.0 Å². The summed E-state index contributed by atoms with van der Waals surface area (Å²) in [6.07, 6.45) is 0.983. The van der Waals surface area contributed by atoms with Crippen molar-refractivity contribution >= 4 is 16.7 Å². The van der Waals surface area contributed by atoms with Crippen molar-refractivity contribution in [2.45, 2.75) is 31.6 Å². The molecule has 0 radical (unpaired) electrons. The van der Waals surface area contributed by atoms with Crippen LogP contribution in [-0.2, 0) is 17.9 Å². The maximum absolute atomic E-state index is 12.5. The van der Waals surface area contributed by atoms with E-state index in [2.05, 4.69) is 47.8 Å². The Morgan fingerprint density at radius 3 is 2.54 bits per heavy atom. The second-order valence-corrected chi connectivity index (χ2v) is 8.95. The SMILES string of the molecule is NCc1cc(OC(=O)c2ccccc2)ccc1C1CCNCC1OCc1ccc2ccccc2c1. The topological polar surface area (TPSA) is 73.6 Å². The maximum atomic E-state index is 12.5. The molecule has 5 heteroatoms. The third kappa shape index (κ3) is 5.43. The van der Waals surface area contributed by atoms with E-state index in [1.807, 2.05) is 36.4 Å². The molecule has 1 aliphatic rings. The van der Waals surface area contributed by atoms with E-state index in [0.29, 0.717) is 24.5 Å². The van der Waals surface area contributed by atoms with Crippen molar-refractivity contribution in [1.82, 2.24) is 5.32 Å². The number of hydrogen-bond donors (Lipinski definition) is 2. The van der Waals surface area contributed by atoms with Gasteiger partial charge in [0.2, 0.25) is 0 Å². The molecule has 0 aromatic heterocycles.